The number of methoxy groups -OCH3 is 1. The Morgan fingerprint density at radius 3 is 2.13 bits per heavy atom. The van der Waals surface area contributed by atoms with Crippen molar-refractivity contribution >= 4 is 11.9 Å². The quantitative estimate of drug-likeness (QED) is 0.420. The van der Waals surface area contributed by atoms with Crippen LogP contribution in [0.4, 0.5) is 13.2 Å². The van der Waals surface area contributed by atoms with Crippen LogP contribution in [0.2, 0.25) is 0 Å². The molecule has 1 rings (SSSR count). The molecule has 0 radical (unpaired) electrons. The Hall–Kier alpha value is -2.13. The SMILES string of the molecule is CCCCC[C@@H](OC(=O)[C@@](OC)(c1ccccc1)C(F)(F)F)[C@](C)(O)C(=O)OCC. The van der Waals surface area contributed by atoms with E-state index in [2.05, 4.69) is 0 Å². The zero-order chi connectivity index (χ0) is 23.0. The highest BCUT2D eigenvalue weighted by Gasteiger charge is 2.65. The molecule has 0 unspecified atom stereocenters. The molecule has 1 aromatic carbocycles. The van der Waals surface area contributed by atoms with Crippen molar-refractivity contribution in [2.75, 3.05) is 13.7 Å². The summed E-state index contributed by atoms with van der Waals surface area (Å²) in [6, 6.07) is 6.33. The van der Waals surface area contributed by atoms with Gasteiger partial charge in [0.05, 0.1) is 6.61 Å². The Morgan fingerprint density at radius 1 is 1.07 bits per heavy atom. The average molecular weight is 434 g/mol. The van der Waals surface area contributed by atoms with Gasteiger partial charge in [0.1, 0.15) is 6.10 Å². The van der Waals surface area contributed by atoms with Crippen molar-refractivity contribution in [2.45, 2.75) is 69.9 Å². The van der Waals surface area contributed by atoms with Gasteiger partial charge in [-0.2, -0.15) is 13.2 Å². The summed E-state index contributed by atoms with van der Waals surface area (Å²) in [6.07, 6.45) is -4.89. The molecule has 3 atom stereocenters. The maximum Gasteiger partial charge on any atom is 0.432 e. The van der Waals surface area contributed by atoms with Crippen molar-refractivity contribution in [1.82, 2.24) is 0 Å². The van der Waals surface area contributed by atoms with Crippen molar-refractivity contribution in [3.63, 3.8) is 0 Å². The van der Waals surface area contributed by atoms with Gasteiger partial charge in [0.2, 0.25) is 0 Å². The van der Waals surface area contributed by atoms with E-state index in [4.69, 9.17) is 14.2 Å². The van der Waals surface area contributed by atoms with Crippen LogP contribution >= 0.6 is 0 Å². The van der Waals surface area contributed by atoms with E-state index in [0.29, 0.717) is 12.8 Å². The van der Waals surface area contributed by atoms with Crippen LogP contribution < -0.4 is 0 Å². The van der Waals surface area contributed by atoms with E-state index >= 15 is 0 Å². The zero-order valence-corrected chi connectivity index (χ0v) is 17.6. The van der Waals surface area contributed by atoms with Gasteiger partial charge in [-0.05, 0) is 26.7 Å². The summed E-state index contributed by atoms with van der Waals surface area (Å²) in [7, 11) is 0.747. The predicted molar refractivity (Wildman–Crippen MR) is 102 cm³/mol. The first-order valence-corrected chi connectivity index (χ1v) is 9.77. The molecule has 0 bridgehead atoms. The second kappa shape index (κ2) is 10.8. The maximum atomic E-state index is 14.1. The Morgan fingerprint density at radius 2 is 1.67 bits per heavy atom. The molecule has 0 aliphatic carbocycles. The number of carbonyl (C=O) groups is 2. The van der Waals surface area contributed by atoms with Gasteiger partial charge in [-0.15, -0.1) is 0 Å². The Bertz CT molecular complexity index is 690. The van der Waals surface area contributed by atoms with Crippen molar-refractivity contribution in [3.05, 3.63) is 35.9 Å². The lowest BCUT2D eigenvalue weighted by Crippen LogP contribution is -2.56. The minimum Gasteiger partial charge on any atom is -0.464 e. The first-order chi connectivity index (χ1) is 14.0. The molecule has 0 aliphatic heterocycles. The van der Waals surface area contributed by atoms with Gasteiger partial charge < -0.3 is 19.3 Å². The number of rotatable bonds is 11. The third-order valence-corrected chi connectivity index (χ3v) is 4.81. The Labute approximate surface area is 174 Å². The number of ether oxygens (including phenoxy) is 3. The number of alkyl halides is 3. The van der Waals surface area contributed by atoms with Crippen LogP contribution in [0.1, 0.15) is 52.0 Å². The molecule has 9 heteroatoms. The Kier molecular flexibility index (Phi) is 9.30. The van der Waals surface area contributed by atoms with Crippen LogP contribution in [-0.4, -0.2) is 48.6 Å². The van der Waals surface area contributed by atoms with Crippen LogP contribution in [0.25, 0.3) is 0 Å². The van der Waals surface area contributed by atoms with Gasteiger partial charge >= 0.3 is 18.1 Å². The first kappa shape index (κ1) is 25.9. The molecule has 0 heterocycles. The van der Waals surface area contributed by atoms with Crippen LogP contribution in [0.5, 0.6) is 0 Å². The zero-order valence-electron chi connectivity index (χ0n) is 17.6. The fraction of sp³-hybridized carbons (Fsp3) is 0.619. The van der Waals surface area contributed by atoms with Gasteiger partial charge in [-0.1, -0.05) is 50.1 Å². The maximum absolute atomic E-state index is 14.1. The molecule has 0 saturated carbocycles. The molecule has 6 nitrogen and oxygen atoms in total. The lowest BCUT2D eigenvalue weighted by Gasteiger charge is -2.36. The van der Waals surface area contributed by atoms with E-state index in [0.717, 1.165) is 32.6 Å². The highest BCUT2D eigenvalue weighted by molar-refractivity contribution is 5.84. The van der Waals surface area contributed by atoms with Crippen LogP contribution in [-0.2, 0) is 29.4 Å². The van der Waals surface area contributed by atoms with E-state index in [1.165, 1.54) is 25.1 Å². The molecule has 1 N–H and O–H groups in total. The minimum atomic E-state index is -5.16. The molecule has 0 aromatic heterocycles. The monoisotopic (exact) mass is 434 g/mol. The van der Waals surface area contributed by atoms with Gasteiger partial charge in [0.25, 0.3) is 5.60 Å². The molecule has 30 heavy (non-hydrogen) atoms. The normalized spacial score (nSPS) is 16.8. The highest BCUT2D eigenvalue weighted by Crippen LogP contribution is 2.43. The van der Waals surface area contributed by atoms with Gasteiger partial charge in [-0.25, -0.2) is 9.59 Å². The standard InChI is InChI=1S/C21H29F3O6/c1-5-7-9-14-16(19(3,27)17(25)29-6-2)30-18(26)20(28-4,21(22,23)24)15-12-10-8-11-13-15/h8,10-13,16,27H,5-7,9,14H2,1-4H3/t16-,19+,20+/m1/s1. The molecule has 0 saturated heterocycles. The summed E-state index contributed by atoms with van der Waals surface area (Å²) < 4.78 is 56.8. The van der Waals surface area contributed by atoms with Crippen molar-refractivity contribution in [2.24, 2.45) is 0 Å². The summed E-state index contributed by atoms with van der Waals surface area (Å²) in [5.41, 5.74) is -6.23. The molecule has 0 aliphatic rings. The number of aliphatic hydroxyl groups is 1. The number of halogens is 3. The second-order valence-electron chi connectivity index (χ2n) is 7.01. The summed E-state index contributed by atoms with van der Waals surface area (Å²) in [4.78, 5) is 25.1. The summed E-state index contributed by atoms with van der Waals surface area (Å²) in [6.45, 7) is 4.42. The van der Waals surface area contributed by atoms with Gasteiger partial charge in [0, 0.05) is 12.7 Å². The molecule has 0 spiro atoms. The third kappa shape index (κ3) is 5.51. The Balaban J connectivity index is 3.36. The van der Waals surface area contributed by atoms with E-state index in [9.17, 15) is 27.9 Å². The van der Waals surface area contributed by atoms with E-state index in [1.54, 1.807) is 0 Å². The number of carbonyl (C=O) groups excluding carboxylic acids is 2. The number of esters is 2. The van der Waals surface area contributed by atoms with Crippen LogP contribution in [0.3, 0.4) is 0 Å². The van der Waals surface area contributed by atoms with E-state index in [1.807, 2.05) is 6.92 Å². The van der Waals surface area contributed by atoms with Gasteiger partial charge in [-0.3, -0.25) is 0 Å². The van der Waals surface area contributed by atoms with E-state index in [-0.39, 0.29) is 13.0 Å². The number of benzene rings is 1. The van der Waals surface area contributed by atoms with E-state index < -0.39 is 41.0 Å². The minimum absolute atomic E-state index is 0.0299. The van der Waals surface area contributed by atoms with Crippen molar-refractivity contribution < 1.29 is 42.1 Å². The lowest BCUT2D eigenvalue weighted by molar-refractivity contribution is -0.281. The second-order valence-corrected chi connectivity index (χ2v) is 7.01. The largest absolute Gasteiger partial charge is 0.464 e. The summed E-state index contributed by atoms with van der Waals surface area (Å²) >= 11 is 0. The lowest BCUT2D eigenvalue weighted by atomic mass is 9.91. The number of hydrogen-bond acceptors (Lipinski definition) is 6. The molecule has 0 fully saturated rings. The molecular weight excluding hydrogens is 405 g/mol. The van der Waals surface area contributed by atoms with Crippen molar-refractivity contribution in [3.8, 4) is 0 Å². The third-order valence-electron chi connectivity index (χ3n) is 4.81. The number of hydrogen-bond donors (Lipinski definition) is 1. The summed E-state index contributed by atoms with van der Waals surface area (Å²) in [5, 5.41) is 10.7. The van der Waals surface area contributed by atoms with Crippen LogP contribution in [0, 0.1) is 0 Å². The molecule has 170 valence electrons. The molecule has 0 amide bonds. The summed E-state index contributed by atoms with van der Waals surface area (Å²) in [5.74, 6) is -2.86. The van der Waals surface area contributed by atoms with Crippen LogP contribution in [0.15, 0.2) is 30.3 Å². The molecular formula is C21H29F3O6. The smallest absolute Gasteiger partial charge is 0.432 e. The van der Waals surface area contributed by atoms with Gasteiger partial charge in [0.15, 0.2) is 5.60 Å². The number of unbranched alkanes of at least 4 members (excludes halogenated alkanes) is 2. The average Bonchev–Trinajstić information content (AvgIpc) is 2.68. The predicted octanol–water partition coefficient (Wildman–Crippen LogP) is 3.90. The first-order valence-electron chi connectivity index (χ1n) is 9.77. The fourth-order valence-corrected chi connectivity index (χ4v) is 3.04. The molecule has 1 aromatic rings. The fourth-order valence-electron chi connectivity index (χ4n) is 3.04. The topological polar surface area (TPSA) is 82.1 Å². The highest BCUT2D eigenvalue weighted by atomic mass is 19.4. The van der Waals surface area contributed by atoms with Crippen molar-refractivity contribution in [1.29, 1.82) is 0 Å².